The van der Waals surface area contributed by atoms with E-state index in [0.717, 1.165) is 38.0 Å². The van der Waals surface area contributed by atoms with Gasteiger partial charge < -0.3 is 28.7 Å². The zero-order valence-electron chi connectivity index (χ0n) is 25.8. The molecular formula is C34H38Cl2N2O6S. The second kappa shape index (κ2) is 13.1. The van der Waals surface area contributed by atoms with Crippen LogP contribution in [-0.4, -0.2) is 80.6 Å². The van der Waals surface area contributed by atoms with Gasteiger partial charge in [0.2, 0.25) is 5.75 Å². The van der Waals surface area contributed by atoms with E-state index in [1.54, 1.807) is 18.2 Å². The molecule has 3 aromatic carbocycles. The number of hydrogen-bond acceptors (Lipinski definition) is 7. The molecule has 0 N–H and O–H groups in total. The van der Waals surface area contributed by atoms with E-state index in [0.29, 0.717) is 64.7 Å². The van der Waals surface area contributed by atoms with Crippen molar-refractivity contribution in [3.63, 3.8) is 0 Å². The minimum Gasteiger partial charge on any atom is -0.493 e. The van der Waals surface area contributed by atoms with Gasteiger partial charge in [-0.05, 0) is 73.3 Å². The molecule has 0 aliphatic carbocycles. The van der Waals surface area contributed by atoms with Gasteiger partial charge in [-0.15, -0.1) is 0 Å². The Morgan fingerprint density at radius 1 is 0.933 bits per heavy atom. The van der Waals surface area contributed by atoms with E-state index in [1.807, 2.05) is 23.1 Å². The van der Waals surface area contributed by atoms with Gasteiger partial charge in [0.25, 0.3) is 5.91 Å². The van der Waals surface area contributed by atoms with Gasteiger partial charge in [-0.1, -0.05) is 53.5 Å². The van der Waals surface area contributed by atoms with E-state index in [-0.39, 0.29) is 10.7 Å². The molecule has 0 radical (unpaired) electrons. The maximum absolute atomic E-state index is 14.0. The Bertz CT molecular complexity index is 1590. The number of hydrogen-bond donors (Lipinski definition) is 0. The van der Waals surface area contributed by atoms with E-state index in [4.69, 9.17) is 42.1 Å². The zero-order chi connectivity index (χ0) is 31.8. The molecular weight excluding hydrogens is 635 g/mol. The van der Waals surface area contributed by atoms with Crippen LogP contribution >= 0.6 is 23.2 Å². The van der Waals surface area contributed by atoms with Crippen molar-refractivity contribution >= 4 is 39.9 Å². The summed E-state index contributed by atoms with van der Waals surface area (Å²) < 4.78 is 36.1. The summed E-state index contributed by atoms with van der Waals surface area (Å²) in [5.74, 6) is 1.73. The van der Waals surface area contributed by atoms with Crippen LogP contribution in [0.15, 0.2) is 54.6 Å². The van der Waals surface area contributed by atoms with Crippen LogP contribution < -0.4 is 14.2 Å². The fourth-order valence-electron chi connectivity index (χ4n) is 7.06. The molecule has 2 fully saturated rings. The maximum Gasteiger partial charge on any atom is 0.254 e. The van der Waals surface area contributed by atoms with Gasteiger partial charge in [-0.2, -0.15) is 0 Å². The van der Waals surface area contributed by atoms with Crippen LogP contribution in [0.5, 0.6) is 17.2 Å². The number of benzene rings is 3. The Labute approximate surface area is 276 Å². The first-order valence-corrected chi connectivity index (χ1v) is 17.2. The highest BCUT2D eigenvalue weighted by molar-refractivity contribution is 7.85. The van der Waals surface area contributed by atoms with Crippen molar-refractivity contribution in [1.82, 2.24) is 9.80 Å². The summed E-state index contributed by atoms with van der Waals surface area (Å²) in [6, 6.07) is 17.3. The number of morpholine rings is 1. The van der Waals surface area contributed by atoms with Gasteiger partial charge in [0.1, 0.15) is 5.60 Å². The molecule has 1 amide bonds. The third-order valence-electron chi connectivity index (χ3n) is 9.56. The Kier molecular flexibility index (Phi) is 9.37. The van der Waals surface area contributed by atoms with Crippen LogP contribution in [0.1, 0.15) is 46.3 Å². The Morgan fingerprint density at radius 3 is 2.31 bits per heavy atom. The average molecular weight is 674 g/mol. The summed E-state index contributed by atoms with van der Waals surface area (Å²) in [5, 5.41) is 0.899. The lowest BCUT2D eigenvalue weighted by molar-refractivity contribution is -0.113. The van der Waals surface area contributed by atoms with Gasteiger partial charge in [0, 0.05) is 35.2 Å². The van der Waals surface area contributed by atoms with Crippen LogP contribution in [0.4, 0.5) is 0 Å². The minimum atomic E-state index is -0.914. The van der Waals surface area contributed by atoms with Crippen LogP contribution in [0.2, 0.25) is 10.0 Å². The van der Waals surface area contributed by atoms with Crippen molar-refractivity contribution in [3.8, 4) is 17.2 Å². The van der Waals surface area contributed by atoms with E-state index >= 15 is 0 Å². The number of ether oxygens (including phenoxy) is 4. The molecule has 1 unspecified atom stereocenters. The second-order valence-electron chi connectivity index (χ2n) is 11.8. The smallest absolute Gasteiger partial charge is 0.254 e. The lowest BCUT2D eigenvalue weighted by Gasteiger charge is -2.45. The number of amides is 1. The first kappa shape index (κ1) is 32.1. The van der Waals surface area contributed by atoms with Gasteiger partial charge in [-0.3, -0.25) is 9.00 Å². The molecule has 6 rings (SSSR count). The zero-order valence-corrected chi connectivity index (χ0v) is 28.1. The standard InChI is InChI=1S/C34H38Cl2N2O6S/c1-41-29-18-24(19-30(42-2)31(29)43-3)32(39)38-16-17-44-33(22-38,25-8-9-27(35)28(36)20-25)10-13-37-14-11-34(12-15-37)26-7-5-4-6-23(26)21-45(34)40/h4-9,18-20H,10-17,21-22H2,1-3H3/t33-,45?/m0/s1. The molecule has 240 valence electrons. The Morgan fingerprint density at radius 2 is 1.64 bits per heavy atom. The predicted octanol–water partition coefficient (Wildman–Crippen LogP) is 6.03. The van der Waals surface area contributed by atoms with Gasteiger partial charge >= 0.3 is 0 Å². The number of fused-ring (bicyclic) bond motifs is 2. The van der Waals surface area contributed by atoms with Crippen molar-refractivity contribution in [1.29, 1.82) is 0 Å². The number of carbonyl (C=O) groups is 1. The molecule has 3 aliphatic heterocycles. The molecule has 45 heavy (non-hydrogen) atoms. The molecule has 0 bridgehead atoms. The fourth-order valence-corrected chi connectivity index (χ4v) is 9.25. The number of halogens is 2. The SMILES string of the molecule is COc1cc(C(=O)N2CCO[C@](CCN3CCC4(CC3)c3ccccc3CS4=O)(c3ccc(Cl)c(Cl)c3)C2)cc(OC)c1OC. The van der Waals surface area contributed by atoms with Gasteiger partial charge in [-0.25, -0.2) is 0 Å². The number of piperidine rings is 1. The summed E-state index contributed by atoms with van der Waals surface area (Å²) in [5.41, 5.74) is 2.97. The lowest BCUT2D eigenvalue weighted by Crippen LogP contribution is -2.53. The number of nitrogens with zero attached hydrogens (tertiary/aromatic N) is 2. The summed E-state index contributed by atoms with van der Waals surface area (Å²) in [7, 11) is 3.67. The molecule has 0 aromatic heterocycles. The number of likely N-dealkylation sites (tertiary alicyclic amines) is 1. The summed E-state index contributed by atoms with van der Waals surface area (Å²) in [6.45, 7) is 3.54. The molecule has 3 aliphatic rings. The molecule has 3 heterocycles. The maximum atomic E-state index is 14.0. The quantitative estimate of drug-likeness (QED) is 0.289. The highest BCUT2D eigenvalue weighted by atomic mass is 35.5. The van der Waals surface area contributed by atoms with Crippen molar-refractivity contribution in [2.45, 2.75) is 35.4 Å². The van der Waals surface area contributed by atoms with E-state index in [2.05, 4.69) is 23.1 Å². The minimum absolute atomic E-state index is 0.163. The van der Waals surface area contributed by atoms with Crippen LogP contribution in [-0.2, 0) is 31.6 Å². The van der Waals surface area contributed by atoms with Crippen LogP contribution in [0.3, 0.4) is 0 Å². The molecule has 2 atom stereocenters. The van der Waals surface area contributed by atoms with E-state index in [9.17, 15) is 9.00 Å². The lowest BCUT2D eigenvalue weighted by atomic mass is 9.85. The van der Waals surface area contributed by atoms with Crippen LogP contribution in [0, 0.1) is 0 Å². The highest BCUT2D eigenvalue weighted by Crippen LogP contribution is 2.47. The molecule has 3 aromatic rings. The molecule has 8 nitrogen and oxygen atoms in total. The fraction of sp³-hybridized carbons (Fsp3) is 0.441. The monoisotopic (exact) mass is 672 g/mol. The Balaban J connectivity index is 1.23. The number of rotatable bonds is 8. The summed E-state index contributed by atoms with van der Waals surface area (Å²) >= 11 is 12.8. The molecule has 11 heteroatoms. The molecule has 1 spiro atoms. The first-order chi connectivity index (χ1) is 21.7. The van der Waals surface area contributed by atoms with Crippen LogP contribution in [0.25, 0.3) is 0 Å². The van der Waals surface area contributed by atoms with Crippen molar-refractivity contribution in [3.05, 3.63) is 86.9 Å². The third-order valence-corrected chi connectivity index (χ3v) is 12.4. The number of carbonyl (C=O) groups excluding carboxylic acids is 1. The number of methoxy groups -OCH3 is 3. The summed E-state index contributed by atoms with van der Waals surface area (Å²) in [6.07, 6.45) is 2.34. The second-order valence-corrected chi connectivity index (χ2v) is 14.4. The third kappa shape index (κ3) is 5.94. The van der Waals surface area contributed by atoms with Crippen molar-refractivity contribution in [2.24, 2.45) is 0 Å². The topological polar surface area (TPSA) is 77.5 Å². The van der Waals surface area contributed by atoms with E-state index in [1.165, 1.54) is 32.5 Å². The van der Waals surface area contributed by atoms with Crippen molar-refractivity contribution < 1.29 is 28.0 Å². The first-order valence-electron chi connectivity index (χ1n) is 15.1. The predicted molar refractivity (Wildman–Crippen MR) is 176 cm³/mol. The normalized spacial score (nSPS) is 22.7. The highest BCUT2D eigenvalue weighted by Gasteiger charge is 2.47. The summed E-state index contributed by atoms with van der Waals surface area (Å²) in [4.78, 5) is 18.2. The molecule has 0 saturated carbocycles. The van der Waals surface area contributed by atoms with Gasteiger partial charge in [0.05, 0.1) is 49.3 Å². The molecule has 2 saturated heterocycles. The van der Waals surface area contributed by atoms with E-state index < -0.39 is 16.4 Å². The van der Waals surface area contributed by atoms with Crippen molar-refractivity contribution in [2.75, 3.05) is 60.7 Å². The average Bonchev–Trinajstić information content (AvgIpc) is 3.34. The van der Waals surface area contributed by atoms with Gasteiger partial charge in [0.15, 0.2) is 11.5 Å². The largest absolute Gasteiger partial charge is 0.493 e. The Hall–Kier alpha value is -2.82.